The number of thiophene rings is 1. The van der Waals surface area contributed by atoms with Crippen LogP contribution in [0, 0.1) is 0 Å². The summed E-state index contributed by atoms with van der Waals surface area (Å²) < 4.78 is 0. The molecule has 0 radical (unpaired) electrons. The number of pyridine rings is 1. The Morgan fingerprint density at radius 2 is 2.16 bits per heavy atom. The SMILES string of the molecule is CN=C(NCc1ccc(N2CCCC2)nc1)N(C)CCc1cccs1. The van der Waals surface area contributed by atoms with Crippen molar-refractivity contribution < 1.29 is 0 Å². The van der Waals surface area contributed by atoms with Crippen molar-refractivity contribution in [3.63, 3.8) is 0 Å². The largest absolute Gasteiger partial charge is 0.357 e. The molecule has 0 aromatic carbocycles. The van der Waals surface area contributed by atoms with Gasteiger partial charge in [-0.05, 0) is 42.3 Å². The number of guanidine groups is 1. The summed E-state index contributed by atoms with van der Waals surface area (Å²) in [6.07, 6.45) is 5.57. The summed E-state index contributed by atoms with van der Waals surface area (Å²) in [5.41, 5.74) is 1.18. The van der Waals surface area contributed by atoms with Crippen molar-refractivity contribution in [1.82, 2.24) is 15.2 Å². The molecule has 3 heterocycles. The van der Waals surface area contributed by atoms with E-state index in [1.807, 2.05) is 13.2 Å². The molecule has 3 rings (SSSR count). The van der Waals surface area contributed by atoms with Crippen molar-refractivity contribution in [3.8, 4) is 0 Å². The van der Waals surface area contributed by atoms with Crippen LogP contribution in [-0.4, -0.2) is 49.6 Å². The van der Waals surface area contributed by atoms with Gasteiger partial charge >= 0.3 is 0 Å². The van der Waals surface area contributed by atoms with E-state index in [4.69, 9.17) is 0 Å². The lowest BCUT2D eigenvalue weighted by molar-refractivity contribution is 0.486. The van der Waals surface area contributed by atoms with Crippen LogP contribution in [0.5, 0.6) is 0 Å². The minimum absolute atomic E-state index is 0.739. The van der Waals surface area contributed by atoms with E-state index in [-0.39, 0.29) is 0 Å². The second kappa shape index (κ2) is 8.85. The molecule has 1 saturated heterocycles. The zero-order valence-electron chi connectivity index (χ0n) is 15.1. The summed E-state index contributed by atoms with van der Waals surface area (Å²) in [4.78, 5) is 14.9. The maximum Gasteiger partial charge on any atom is 0.193 e. The molecule has 25 heavy (non-hydrogen) atoms. The summed E-state index contributed by atoms with van der Waals surface area (Å²) in [6, 6.07) is 8.58. The molecule has 1 fully saturated rings. The van der Waals surface area contributed by atoms with Gasteiger partial charge in [-0.15, -0.1) is 11.3 Å². The molecule has 0 atom stereocenters. The molecular formula is C19H27N5S. The van der Waals surface area contributed by atoms with E-state index in [9.17, 15) is 0 Å². The fraction of sp³-hybridized carbons (Fsp3) is 0.474. The van der Waals surface area contributed by atoms with Gasteiger partial charge in [-0.3, -0.25) is 4.99 Å². The molecule has 1 aliphatic heterocycles. The number of likely N-dealkylation sites (N-methyl/N-ethyl adjacent to an activating group) is 1. The number of rotatable bonds is 6. The fourth-order valence-corrected chi connectivity index (χ4v) is 3.76. The van der Waals surface area contributed by atoms with Gasteiger partial charge in [0.2, 0.25) is 0 Å². The van der Waals surface area contributed by atoms with Crippen molar-refractivity contribution in [2.24, 2.45) is 4.99 Å². The van der Waals surface area contributed by atoms with E-state index in [1.165, 1.54) is 23.3 Å². The third kappa shape index (κ3) is 4.95. The van der Waals surface area contributed by atoms with Crippen LogP contribution in [0.25, 0.3) is 0 Å². The molecule has 2 aromatic heterocycles. The minimum atomic E-state index is 0.739. The first-order valence-electron chi connectivity index (χ1n) is 8.90. The first kappa shape index (κ1) is 17.7. The lowest BCUT2D eigenvalue weighted by atomic mass is 10.2. The summed E-state index contributed by atoms with van der Waals surface area (Å²) in [5, 5.41) is 5.56. The number of hydrogen-bond donors (Lipinski definition) is 1. The normalized spacial score (nSPS) is 14.8. The van der Waals surface area contributed by atoms with Crippen molar-refractivity contribution in [3.05, 3.63) is 46.3 Å². The van der Waals surface area contributed by atoms with Gasteiger partial charge in [0.05, 0.1) is 0 Å². The Kier molecular flexibility index (Phi) is 6.28. The van der Waals surface area contributed by atoms with Gasteiger partial charge in [-0.2, -0.15) is 0 Å². The summed E-state index contributed by atoms with van der Waals surface area (Å²) in [6.45, 7) is 3.95. The highest BCUT2D eigenvalue weighted by Crippen LogP contribution is 2.17. The highest BCUT2D eigenvalue weighted by molar-refractivity contribution is 7.09. The van der Waals surface area contributed by atoms with Crippen molar-refractivity contribution in [1.29, 1.82) is 0 Å². The van der Waals surface area contributed by atoms with Gasteiger partial charge in [-0.25, -0.2) is 4.98 Å². The quantitative estimate of drug-likeness (QED) is 0.638. The zero-order chi connectivity index (χ0) is 17.5. The topological polar surface area (TPSA) is 43.8 Å². The first-order valence-corrected chi connectivity index (χ1v) is 9.78. The van der Waals surface area contributed by atoms with Crippen LogP contribution in [0.1, 0.15) is 23.3 Å². The van der Waals surface area contributed by atoms with Gasteiger partial charge in [-0.1, -0.05) is 12.1 Å². The highest BCUT2D eigenvalue weighted by atomic mass is 32.1. The Hall–Kier alpha value is -2.08. The molecular weight excluding hydrogens is 330 g/mol. The second-order valence-corrected chi connectivity index (χ2v) is 7.40. The van der Waals surface area contributed by atoms with Crippen LogP contribution in [0.15, 0.2) is 40.8 Å². The van der Waals surface area contributed by atoms with Crippen LogP contribution in [0.4, 0.5) is 5.82 Å². The van der Waals surface area contributed by atoms with Crippen LogP contribution in [0.3, 0.4) is 0 Å². The molecule has 134 valence electrons. The van der Waals surface area contributed by atoms with E-state index >= 15 is 0 Å². The molecule has 1 aliphatic rings. The van der Waals surface area contributed by atoms with Gasteiger partial charge in [0.25, 0.3) is 0 Å². The third-order valence-electron chi connectivity index (χ3n) is 4.54. The molecule has 0 unspecified atom stereocenters. The molecule has 0 saturated carbocycles. The number of aromatic nitrogens is 1. The average molecular weight is 358 g/mol. The Labute approximate surface area is 154 Å². The lowest BCUT2D eigenvalue weighted by Crippen LogP contribution is -2.39. The Balaban J connectivity index is 1.48. The van der Waals surface area contributed by atoms with Crippen molar-refractivity contribution >= 4 is 23.1 Å². The zero-order valence-corrected chi connectivity index (χ0v) is 15.9. The van der Waals surface area contributed by atoms with Crippen LogP contribution in [-0.2, 0) is 13.0 Å². The molecule has 2 aromatic rings. The van der Waals surface area contributed by atoms with Crippen LogP contribution < -0.4 is 10.2 Å². The summed E-state index contributed by atoms with van der Waals surface area (Å²) in [5.74, 6) is 2.01. The number of aliphatic imine (C=N–C) groups is 1. The first-order chi connectivity index (χ1) is 12.3. The molecule has 5 nitrogen and oxygen atoms in total. The number of nitrogens with zero attached hydrogens (tertiary/aromatic N) is 4. The second-order valence-electron chi connectivity index (χ2n) is 6.37. The fourth-order valence-electron chi connectivity index (χ4n) is 3.06. The molecule has 6 heteroatoms. The van der Waals surface area contributed by atoms with Crippen LogP contribution >= 0.6 is 11.3 Å². The van der Waals surface area contributed by atoms with E-state index in [0.29, 0.717) is 0 Å². The standard InChI is InChI=1S/C19H27N5S/c1-20-19(23(2)12-9-17-6-5-13-25-17)22-15-16-7-8-18(21-14-16)24-10-3-4-11-24/h5-8,13-14H,3-4,9-12,15H2,1-2H3,(H,20,22). The molecule has 1 N–H and O–H groups in total. The van der Waals surface area contributed by atoms with Gasteiger partial charge in [0.1, 0.15) is 5.82 Å². The maximum atomic E-state index is 4.61. The van der Waals surface area contributed by atoms with Gasteiger partial charge in [0, 0.05) is 51.3 Å². The summed E-state index contributed by atoms with van der Waals surface area (Å²) in [7, 11) is 3.91. The monoisotopic (exact) mass is 357 g/mol. The van der Waals surface area contributed by atoms with E-state index in [0.717, 1.165) is 44.4 Å². The van der Waals surface area contributed by atoms with Gasteiger partial charge in [0.15, 0.2) is 5.96 Å². The summed E-state index contributed by atoms with van der Waals surface area (Å²) >= 11 is 1.81. The molecule has 0 amide bonds. The number of hydrogen-bond acceptors (Lipinski definition) is 4. The highest BCUT2D eigenvalue weighted by Gasteiger charge is 2.13. The smallest absolute Gasteiger partial charge is 0.193 e. The minimum Gasteiger partial charge on any atom is -0.357 e. The van der Waals surface area contributed by atoms with E-state index in [1.54, 1.807) is 11.3 Å². The Morgan fingerprint density at radius 1 is 1.32 bits per heavy atom. The average Bonchev–Trinajstić information content (AvgIpc) is 3.35. The Morgan fingerprint density at radius 3 is 2.80 bits per heavy atom. The molecule has 0 spiro atoms. The van der Waals surface area contributed by atoms with Crippen molar-refractivity contribution in [2.75, 3.05) is 38.6 Å². The maximum absolute atomic E-state index is 4.61. The Bertz CT molecular complexity index is 660. The lowest BCUT2D eigenvalue weighted by Gasteiger charge is -2.22. The van der Waals surface area contributed by atoms with Gasteiger partial charge < -0.3 is 15.1 Å². The molecule has 0 bridgehead atoms. The van der Waals surface area contributed by atoms with Crippen molar-refractivity contribution in [2.45, 2.75) is 25.8 Å². The van der Waals surface area contributed by atoms with E-state index < -0.39 is 0 Å². The van der Waals surface area contributed by atoms with Crippen LogP contribution in [0.2, 0.25) is 0 Å². The number of nitrogens with one attached hydrogen (secondary N) is 1. The third-order valence-corrected chi connectivity index (χ3v) is 5.47. The predicted octanol–water partition coefficient (Wildman–Crippen LogP) is 2.99. The number of anilines is 1. The molecule has 0 aliphatic carbocycles. The predicted molar refractivity (Wildman–Crippen MR) is 107 cm³/mol. The van der Waals surface area contributed by atoms with E-state index in [2.05, 4.69) is 61.8 Å².